The van der Waals surface area contributed by atoms with Crippen molar-refractivity contribution in [3.05, 3.63) is 0 Å². The fraction of sp³-hybridized carbons (Fsp3) is 0.800. The van der Waals surface area contributed by atoms with Crippen LogP contribution in [0.25, 0.3) is 0 Å². The molecule has 0 aromatic rings. The van der Waals surface area contributed by atoms with Crippen LogP contribution in [0.3, 0.4) is 0 Å². The summed E-state index contributed by atoms with van der Waals surface area (Å²) >= 11 is 0. The SMILES string of the molecule is CN(CCC#N)C(=O)C1CCCOC1. The normalized spacial score (nSPS) is 21.3. The van der Waals surface area contributed by atoms with Crippen LogP contribution in [0.15, 0.2) is 0 Å². The van der Waals surface area contributed by atoms with E-state index in [9.17, 15) is 4.79 Å². The molecule has 0 N–H and O–H groups in total. The summed E-state index contributed by atoms with van der Waals surface area (Å²) in [5, 5.41) is 8.39. The smallest absolute Gasteiger partial charge is 0.227 e. The topological polar surface area (TPSA) is 53.3 Å². The standard InChI is InChI=1S/C10H16N2O2/c1-12(6-3-5-11)10(13)9-4-2-7-14-8-9/h9H,2-4,6-8H2,1H3. The van der Waals surface area contributed by atoms with Gasteiger partial charge in [0.2, 0.25) is 5.91 Å². The molecule has 1 saturated heterocycles. The van der Waals surface area contributed by atoms with E-state index in [2.05, 4.69) is 0 Å². The number of hydrogen-bond acceptors (Lipinski definition) is 3. The monoisotopic (exact) mass is 196 g/mol. The van der Waals surface area contributed by atoms with Gasteiger partial charge in [0, 0.05) is 20.2 Å². The fourth-order valence-electron chi connectivity index (χ4n) is 1.58. The molecule has 0 radical (unpaired) electrons. The third-order valence-electron chi connectivity index (χ3n) is 2.44. The average molecular weight is 196 g/mol. The van der Waals surface area contributed by atoms with Crippen LogP contribution in [0.1, 0.15) is 19.3 Å². The van der Waals surface area contributed by atoms with E-state index in [4.69, 9.17) is 10.00 Å². The maximum Gasteiger partial charge on any atom is 0.227 e. The Morgan fingerprint density at radius 2 is 2.50 bits per heavy atom. The van der Waals surface area contributed by atoms with Gasteiger partial charge in [0.25, 0.3) is 0 Å². The van der Waals surface area contributed by atoms with Crippen LogP contribution in [-0.2, 0) is 9.53 Å². The first kappa shape index (κ1) is 11.0. The van der Waals surface area contributed by atoms with Crippen molar-refractivity contribution in [1.29, 1.82) is 5.26 Å². The van der Waals surface area contributed by atoms with Crippen molar-refractivity contribution in [3.8, 4) is 6.07 Å². The summed E-state index contributed by atoms with van der Waals surface area (Å²) in [6, 6.07) is 2.03. The van der Waals surface area contributed by atoms with Crippen LogP contribution in [0.4, 0.5) is 0 Å². The van der Waals surface area contributed by atoms with Crippen molar-refractivity contribution in [2.45, 2.75) is 19.3 Å². The second-order valence-electron chi connectivity index (χ2n) is 3.58. The summed E-state index contributed by atoms with van der Waals surface area (Å²) in [7, 11) is 1.74. The Hall–Kier alpha value is -1.08. The predicted octanol–water partition coefficient (Wildman–Crippen LogP) is 0.785. The van der Waals surface area contributed by atoms with Crippen LogP contribution in [0, 0.1) is 17.2 Å². The molecule has 1 unspecified atom stereocenters. The lowest BCUT2D eigenvalue weighted by atomic mass is 10.0. The molecule has 1 aliphatic rings. The van der Waals surface area contributed by atoms with Gasteiger partial charge in [-0.1, -0.05) is 0 Å². The Kier molecular flexibility index (Phi) is 4.41. The minimum absolute atomic E-state index is 0.00689. The maximum atomic E-state index is 11.7. The highest BCUT2D eigenvalue weighted by atomic mass is 16.5. The quantitative estimate of drug-likeness (QED) is 0.670. The highest BCUT2D eigenvalue weighted by Gasteiger charge is 2.24. The number of ether oxygens (including phenoxy) is 1. The maximum absolute atomic E-state index is 11.7. The minimum Gasteiger partial charge on any atom is -0.381 e. The van der Waals surface area contributed by atoms with Gasteiger partial charge >= 0.3 is 0 Å². The van der Waals surface area contributed by atoms with E-state index in [1.165, 1.54) is 0 Å². The second kappa shape index (κ2) is 5.61. The summed E-state index contributed by atoms with van der Waals surface area (Å²) in [5.41, 5.74) is 0. The first-order valence-corrected chi connectivity index (χ1v) is 4.95. The summed E-state index contributed by atoms with van der Waals surface area (Å²) in [6.45, 7) is 1.83. The molecule has 0 aliphatic carbocycles. The van der Waals surface area contributed by atoms with E-state index >= 15 is 0 Å². The molecule has 0 aromatic carbocycles. The van der Waals surface area contributed by atoms with Gasteiger partial charge in [-0.2, -0.15) is 5.26 Å². The van der Waals surface area contributed by atoms with E-state index in [0.29, 0.717) is 19.6 Å². The molecule has 1 aliphatic heterocycles. The number of hydrogen-bond donors (Lipinski definition) is 0. The number of nitrogens with zero attached hydrogens (tertiary/aromatic N) is 2. The zero-order valence-electron chi connectivity index (χ0n) is 8.53. The van der Waals surface area contributed by atoms with Gasteiger partial charge in [0.15, 0.2) is 0 Å². The van der Waals surface area contributed by atoms with E-state index < -0.39 is 0 Å². The van der Waals surface area contributed by atoms with Gasteiger partial charge in [-0.05, 0) is 12.8 Å². The summed E-state index contributed by atoms with van der Waals surface area (Å²) in [5.74, 6) is 0.118. The van der Waals surface area contributed by atoms with Gasteiger partial charge in [-0.3, -0.25) is 4.79 Å². The predicted molar refractivity (Wildman–Crippen MR) is 51.4 cm³/mol. The van der Waals surface area contributed by atoms with E-state index in [0.717, 1.165) is 19.4 Å². The largest absolute Gasteiger partial charge is 0.381 e. The molecule has 1 heterocycles. The molecule has 0 saturated carbocycles. The van der Waals surface area contributed by atoms with Gasteiger partial charge in [0.05, 0.1) is 25.0 Å². The highest BCUT2D eigenvalue weighted by Crippen LogP contribution is 2.15. The van der Waals surface area contributed by atoms with Crippen molar-refractivity contribution in [1.82, 2.24) is 4.90 Å². The van der Waals surface area contributed by atoms with Crippen molar-refractivity contribution in [3.63, 3.8) is 0 Å². The molecule has 4 nitrogen and oxygen atoms in total. The lowest BCUT2D eigenvalue weighted by molar-refractivity contribution is -0.138. The Morgan fingerprint density at radius 3 is 3.07 bits per heavy atom. The molecule has 14 heavy (non-hydrogen) atoms. The van der Waals surface area contributed by atoms with Crippen LogP contribution in [-0.4, -0.2) is 37.6 Å². The lowest BCUT2D eigenvalue weighted by Crippen LogP contribution is -2.37. The summed E-state index contributed by atoms with van der Waals surface area (Å²) < 4.78 is 5.25. The number of carbonyl (C=O) groups is 1. The number of carbonyl (C=O) groups excluding carboxylic acids is 1. The highest BCUT2D eigenvalue weighted by molar-refractivity contribution is 5.78. The molecule has 1 fully saturated rings. The number of amides is 1. The Balaban J connectivity index is 2.35. The summed E-state index contributed by atoms with van der Waals surface area (Å²) in [6.07, 6.45) is 2.27. The molecule has 1 atom stereocenters. The first-order chi connectivity index (χ1) is 6.75. The van der Waals surface area contributed by atoms with Gasteiger partial charge < -0.3 is 9.64 Å². The summed E-state index contributed by atoms with van der Waals surface area (Å²) in [4.78, 5) is 13.4. The zero-order chi connectivity index (χ0) is 10.4. The van der Waals surface area contributed by atoms with E-state index in [1.807, 2.05) is 6.07 Å². The van der Waals surface area contributed by atoms with Gasteiger partial charge in [-0.25, -0.2) is 0 Å². The zero-order valence-corrected chi connectivity index (χ0v) is 8.53. The molecule has 78 valence electrons. The van der Waals surface area contributed by atoms with Crippen LogP contribution >= 0.6 is 0 Å². The van der Waals surface area contributed by atoms with Crippen molar-refractivity contribution in [2.24, 2.45) is 5.92 Å². The first-order valence-electron chi connectivity index (χ1n) is 4.95. The van der Waals surface area contributed by atoms with Gasteiger partial charge in [-0.15, -0.1) is 0 Å². The Labute approximate surface area is 84.4 Å². The molecular formula is C10H16N2O2. The molecule has 1 amide bonds. The molecule has 1 rings (SSSR count). The minimum atomic E-state index is 0.00689. The third-order valence-corrected chi connectivity index (χ3v) is 2.44. The molecule has 4 heteroatoms. The molecule has 0 bridgehead atoms. The number of rotatable bonds is 3. The average Bonchev–Trinajstić information content (AvgIpc) is 2.26. The van der Waals surface area contributed by atoms with Gasteiger partial charge in [0.1, 0.15) is 0 Å². The molecule has 0 spiro atoms. The lowest BCUT2D eigenvalue weighted by Gasteiger charge is -2.25. The second-order valence-corrected chi connectivity index (χ2v) is 3.58. The van der Waals surface area contributed by atoms with Crippen molar-refractivity contribution < 1.29 is 9.53 Å². The Bertz CT molecular complexity index is 229. The fourth-order valence-corrected chi connectivity index (χ4v) is 1.58. The van der Waals surface area contributed by atoms with Crippen LogP contribution in [0.2, 0.25) is 0 Å². The number of nitriles is 1. The van der Waals surface area contributed by atoms with Crippen molar-refractivity contribution in [2.75, 3.05) is 26.8 Å². The van der Waals surface area contributed by atoms with Crippen LogP contribution < -0.4 is 0 Å². The molecular weight excluding hydrogens is 180 g/mol. The molecule has 0 aromatic heterocycles. The van der Waals surface area contributed by atoms with Crippen LogP contribution in [0.5, 0.6) is 0 Å². The van der Waals surface area contributed by atoms with E-state index in [1.54, 1.807) is 11.9 Å². The van der Waals surface area contributed by atoms with Crippen molar-refractivity contribution >= 4 is 5.91 Å². The third kappa shape index (κ3) is 3.00. The van der Waals surface area contributed by atoms with E-state index in [-0.39, 0.29) is 11.8 Å². The Morgan fingerprint density at radius 1 is 1.71 bits per heavy atom.